The fourth-order valence-electron chi connectivity index (χ4n) is 4.06. The zero-order valence-electron chi connectivity index (χ0n) is 16.2. The van der Waals surface area contributed by atoms with Gasteiger partial charge < -0.3 is 15.4 Å². The van der Waals surface area contributed by atoms with Crippen molar-refractivity contribution in [3.63, 3.8) is 0 Å². The largest absolute Gasteiger partial charge is 0.384 e. The van der Waals surface area contributed by atoms with E-state index in [4.69, 9.17) is 4.74 Å². The van der Waals surface area contributed by atoms with Gasteiger partial charge in [0, 0.05) is 33.3 Å². The fourth-order valence-corrected chi connectivity index (χ4v) is 4.06. The molecule has 2 aliphatic heterocycles. The first-order chi connectivity index (χ1) is 12.2. The monoisotopic (exact) mass is 417 g/mol. The molecule has 2 heterocycles. The minimum atomic E-state index is -0.343. The molecule has 0 aromatic heterocycles. The van der Waals surface area contributed by atoms with Crippen LogP contribution in [0, 0.1) is 5.41 Å². The molecule has 154 valence electrons. The maximum Gasteiger partial charge on any atom is 0.228 e. The molecule has 0 unspecified atom stereocenters. The summed E-state index contributed by atoms with van der Waals surface area (Å²) < 4.78 is 5.34. The van der Waals surface area contributed by atoms with Gasteiger partial charge in [0.25, 0.3) is 0 Å². The summed E-state index contributed by atoms with van der Waals surface area (Å²) in [5.74, 6) is 0.167. The summed E-state index contributed by atoms with van der Waals surface area (Å²) in [4.78, 5) is 15.2. The zero-order valence-corrected chi connectivity index (χ0v) is 17.8. The summed E-state index contributed by atoms with van der Waals surface area (Å²) in [5.41, 5.74) is 2.59. The molecule has 0 radical (unpaired) electrons. The number of amides is 1. The molecule has 2 N–H and O–H groups in total. The van der Waals surface area contributed by atoms with Gasteiger partial charge in [-0.3, -0.25) is 9.69 Å². The highest BCUT2D eigenvalue weighted by Gasteiger charge is 2.39. The van der Waals surface area contributed by atoms with E-state index in [0.29, 0.717) is 6.61 Å². The van der Waals surface area contributed by atoms with E-state index in [2.05, 4.69) is 39.8 Å². The number of fused-ring (bicyclic) bond motifs is 1. The van der Waals surface area contributed by atoms with Gasteiger partial charge in [0.05, 0.1) is 12.0 Å². The molecule has 5 nitrogen and oxygen atoms in total. The molecule has 0 spiro atoms. The number of piperidine rings is 1. The molecular weight excluding hydrogens is 385 g/mol. The van der Waals surface area contributed by atoms with Crippen LogP contribution in [0.1, 0.15) is 30.4 Å². The van der Waals surface area contributed by atoms with Crippen LogP contribution >= 0.6 is 24.8 Å². The second-order valence-electron chi connectivity index (χ2n) is 7.37. The van der Waals surface area contributed by atoms with Gasteiger partial charge in [0.15, 0.2) is 0 Å². The van der Waals surface area contributed by atoms with Gasteiger partial charge in [-0.15, -0.1) is 24.8 Å². The van der Waals surface area contributed by atoms with Gasteiger partial charge in [-0.05, 0) is 49.9 Å². The Bertz CT molecular complexity index is 575. The number of hydrogen-bond donors (Lipinski definition) is 2. The lowest BCUT2D eigenvalue weighted by Gasteiger charge is -2.35. The number of nitrogens with zero attached hydrogens (tertiary/aromatic N) is 1. The van der Waals surface area contributed by atoms with E-state index in [-0.39, 0.29) is 36.1 Å². The van der Waals surface area contributed by atoms with E-state index >= 15 is 0 Å². The highest BCUT2D eigenvalue weighted by Crippen LogP contribution is 2.29. The van der Waals surface area contributed by atoms with Gasteiger partial charge in [0.1, 0.15) is 0 Å². The molecule has 7 heteroatoms. The summed E-state index contributed by atoms with van der Waals surface area (Å²) in [7, 11) is 1.69. The molecule has 1 saturated heterocycles. The molecule has 1 fully saturated rings. The van der Waals surface area contributed by atoms with E-state index in [1.807, 2.05) is 0 Å². The van der Waals surface area contributed by atoms with Crippen molar-refractivity contribution in [2.45, 2.75) is 32.2 Å². The Balaban J connectivity index is 0.00000182. The lowest BCUT2D eigenvalue weighted by atomic mass is 9.78. The Kier molecular flexibility index (Phi) is 10.6. The maximum absolute atomic E-state index is 12.7. The van der Waals surface area contributed by atoms with Crippen LogP contribution < -0.4 is 10.6 Å². The molecule has 1 aromatic carbocycles. The average molecular weight is 418 g/mol. The van der Waals surface area contributed by atoms with Crippen LogP contribution in [0.4, 0.5) is 0 Å². The van der Waals surface area contributed by atoms with Gasteiger partial charge in [-0.25, -0.2) is 0 Å². The molecule has 0 saturated carbocycles. The Morgan fingerprint density at radius 3 is 2.63 bits per heavy atom. The Morgan fingerprint density at radius 2 is 1.93 bits per heavy atom. The second kappa shape index (κ2) is 11.9. The van der Waals surface area contributed by atoms with Crippen molar-refractivity contribution in [3.8, 4) is 0 Å². The summed E-state index contributed by atoms with van der Waals surface area (Å²) in [6.07, 6.45) is 3.84. The van der Waals surface area contributed by atoms with E-state index in [1.54, 1.807) is 7.11 Å². The number of benzene rings is 1. The van der Waals surface area contributed by atoms with Gasteiger partial charge in [-0.2, -0.15) is 0 Å². The third kappa shape index (κ3) is 6.33. The summed E-state index contributed by atoms with van der Waals surface area (Å²) >= 11 is 0. The van der Waals surface area contributed by atoms with Crippen LogP contribution in [0.3, 0.4) is 0 Å². The number of nitrogens with one attached hydrogen (secondary N) is 2. The molecule has 27 heavy (non-hydrogen) atoms. The highest BCUT2D eigenvalue weighted by molar-refractivity contribution is 5.85. The lowest BCUT2D eigenvalue weighted by Crippen LogP contribution is -2.50. The van der Waals surface area contributed by atoms with Crippen molar-refractivity contribution in [3.05, 3.63) is 35.4 Å². The molecular formula is C20H33Cl2N3O2. The lowest BCUT2D eigenvalue weighted by molar-refractivity contribution is -0.136. The van der Waals surface area contributed by atoms with Gasteiger partial charge in [0.2, 0.25) is 5.91 Å². The molecule has 0 bridgehead atoms. The summed E-state index contributed by atoms with van der Waals surface area (Å²) in [6, 6.07) is 8.72. The quantitative estimate of drug-likeness (QED) is 0.668. The molecule has 1 amide bonds. The van der Waals surface area contributed by atoms with Gasteiger partial charge in [-0.1, -0.05) is 24.3 Å². The van der Waals surface area contributed by atoms with E-state index in [9.17, 15) is 4.79 Å². The van der Waals surface area contributed by atoms with Crippen LogP contribution in [-0.4, -0.2) is 57.2 Å². The zero-order chi connectivity index (χ0) is 17.5. The van der Waals surface area contributed by atoms with E-state index < -0.39 is 0 Å². The van der Waals surface area contributed by atoms with E-state index in [0.717, 1.165) is 65.0 Å². The standard InChI is InChI=1S/C20H31N3O2.2ClH/c1-25-16-20(8-11-21-12-9-20)19(24)22-10-4-13-23-14-7-17-5-2-3-6-18(17)15-23;;/h2-3,5-6,21H,4,7-16H2,1H3,(H,22,24);2*1H. The predicted molar refractivity (Wildman–Crippen MR) is 114 cm³/mol. The first kappa shape index (κ1) is 24.2. The number of carbonyl (C=O) groups excluding carboxylic acids is 1. The van der Waals surface area contributed by atoms with Gasteiger partial charge >= 0.3 is 0 Å². The normalized spacial score (nSPS) is 18.6. The molecule has 3 rings (SSSR count). The van der Waals surface area contributed by atoms with Crippen molar-refractivity contribution >= 4 is 30.7 Å². The van der Waals surface area contributed by atoms with Crippen molar-refractivity contribution < 1.29 is 9.53 Å². The van der Waals surface area contributed by atoms with E-state index in [1.165, 1.54) is 11.1 Å². The highest BCUT2D eigenvalue weighted by atomic mass is 35.5. The fraction of sp³-hybridized carbons (Fsp3) is 0.650. The molecule has 1 aromatic rings. The van der Waals surface area contributed by atoms with Crippen LogP contribution in [-0.2, 0) is 22.5 Å². The number of methoxy groups -OCH3 is 1. The summed E-state index contributed by atoms with van der Waals surface area (Å²) in [5, 5.41) is 6.49. The van der Waals surface area contributed by atoms with Crippen LogP contribution in [0.25, 0.3) is 0 Å². The van der Waals surface area contributed by atoms with Crippen LogP contribution in [0.2, 0.25) is 0 Å². The SMILES string of the molecule is COCC1(C(=O)NCCCN2CCc3ccccc3C2)CCNCC1.Cl.Cl. The Hall–Kier alpha value is -0.850. The Labute approximate surface area is 175 Å². The molecule has 0 atom stereocenters. The maximum atomic E-state index is 12.7. The third-order valence-corrected chi connectivity index (χ3v) is 5.61. The number of ether oxygens (including phenoxy) is 1. The van der Waals surface area contributed by atoms with Crippen LogP contribution in [0.15, 0.2) is 24.3 Å². The minimum Gasteiger partial charge on any atom is -0.384 e. The first-order valence-electron chi connectivity index (χ1n) is 9.51. The number of rotatable bonds is 7. The first-order valence-corrected chi connectivity index (χ1v) is 9.51. The third-order valence-electron chi connectivity index (χ3n) is 5.61. The van der Waals surface area contributed by atoms with Crippen molar-refractivity contribution in [2.24, 2.45) is 5.41 Å². The molecule has 0 aliphatic carbocycles. The number of carbonyl (C=O) groups is 1. The second-order valence-corrected chi connectivity index (χ2v) is 7.37. The topological polar surface area (TPSA) is 53.6 Å². The summed E-state index contributed by atoms with van der Waals surface area (Å²) in [6.45, 7) is 6.23. The van der Waals surface area contributed by atoms with Crippen LogP contribution in [0.5, 0.6) is 0 Å². The van der Waals surface area contributed by atoms with Crippen molar-refractivity contribution in [1.29, 1.82) is 0 Å². The average Bonchev–Trinajstić information content (AvgIpc) is 2.66. The predicted octanol–water partition coefficient (Wildman–Crippen LogP) is 2.41. The minimum absolute atomic E-state index is 0. The Morgan fingerprint density at radius 1 is 1.22 bits per heavy atom. The number of hydrogen-bond acceptors (Lipinski definition) is 4. The molecule has 2 aliphatic rings. The number of halogens is 2. The smallest absolute Gasteiger partial charge is 0.228 e. The van der Waals surface area contributed by atoms with Crippen molar-refractivity contribution in [1.82, 2.24) is 15.5 Å². The van der Waals surface area contributed by atoms with Crippen molar-refractivity contribution in [2.75, 3.05) is 46.4 Å².